The Hall–Kier alpha value is -0.610. The molecule has 1 unspecified atom stereocenters. The van der Waals surface area contributed by atoms with Gasteiger partial charge in [-0.1, -0.05) is 6.42 Å². The minimum Gasteiger partial charge on any atom is -0.481 e. The molecule has 1 rings (SSSR count). The zero-order chi connectivity index (χ0) is 13.5. The highest BCUT2D eigenvalue weighted by Gasteiger charge is 2.20. The van der Waals surface area contributed by atoms with Gasteiger partial charge >= 0.3 is 5.97 Å². The van der Waals surface area contributed by atoms with Gasteiger partial charge in [-0.05, 0) is 53.2 Å². The van der Waals surface area contributed by atoms with Gasteiger partial charge in [-0.15, -0.1) is 0 Å². The van der Waals surface area contributed by atoms with Crippen molar-refractivity contribution < 1.29 is 9.90 Å². The molecule has 0 saturated carbocycles. The lowest BCUT2D eigenvalue weighted by molar-refractivity contribution is -0.137. The molecule has 106 valence electrons. The highest BCUT2D eigenvalue weighted by molar-refractivity contribution is 5.66. The van der Waals surface area contributed by atoms with Gasteiger partial charge in [0.2, 0.25) is 0 Å². The molecule has 18 heavy (non-hydrogen) atoms. The van der Waals surface area contributed by atoms with Gasteiger partial charge in [0, 0.05) is 18.6 Å². The van der Waals surface area contributed by atoms with Crippen LogP contribution < -0.4 is 0 Å². The fourth-order valence-corrected chi connectivity index (χ4v) is 2.69. The van der Waals surface area contributed by atoms with Gasteiger partial charge in [0.15, 0.2) is 0 Å². The van der Waals surface area contributed by atoms with Crippen molar-refractivity contribution in [1.82, 2.24) is 9.80 Å². The van der Waals surface area contributed by atoms with Crippen LogP contribution in [-0.4, -0.2) is 59.6 Å². The van der Waals surface area contributed by atoms with Gasteiger partial charge in [-0.25, -0.2) is 0 Å². The molecule has 0 radical (unpaired) electrons. The van der Waals surface area contributed by atoms with Gasteiger partial charge in [0.05, 0.1) is 6.42 Å². The van der Waals surface area contributed by atoms with Gasteiger partial charge in [0.25, 0.3) is 0 Å². The molecule has 0 spiro atoms. The molecule has 0 aliphatic carbocycles. The molecule has 0 aromatic rings. The zero-order valence-electron chi connectivity index (χ0n) is 12.1. The second kappa shape index (κ2) is 7.74. The van der Waals surface area contributed by atoms with Crippen molar-refractivity contribution >= 4 is 5.97 Å². The molecule has 1 aliphatic rings. The van der Waals surface area contributed by atoms with Crippen LogP contribution in [0.15, 0.2) is 0 Å². The minimum absolute atomic E-state index is 0.249. The number of carboxylic acids is 1. The first-order valence-electron chi connectivity index (χ1n) is 7.16. The summed E-state index contributed by atoms with van der Waals surface area (Å²) in [7, 11) is 2.21. The normalized spacial score (nSPS) is 21.7. The Morgan fingerprint density at radius 2 is 2.11 bits per heavy atom. The Kier molecular flexibility index (Phi) is 6.65. The quantitative estimate of drug-likeness (QED) is 0.757. The lowest BCUT2D eigenvalue weighted by Gasteiger charge is -2.35. The fourth-order valence-electron chi connectivity index (χ4n) is 2.69. The number of carbonyl (C=O) groups is 1. The number of carboxylic acid groups (broad SMARTS) is 1. The summed E-state index contributed by atoms with van der Waals surface area (Å²) in [5.74, 6) is -0.699. The van der Waals surface area contributed by atoms with E-state index in [0.717, 1.165) is 13.0 Å². The molecule has 1 atom stereocenters. The van der Waals surface area contributed by atoms with Crippen LogP contribution in [-0.2, 0) is 4.79 Å². The molecule has 1 saturated heterocycles. The van der Waals surface area contributed by atoms with Crippen molar-refractivity contribution in [2.75, 3.05) is 26.7 Å². The minimum atomic E-state index is -0.699. The van der Waals surface area contributed by atoms with Crippen molar-refractivity contribution in [1.29, 1.82) is 0 Å². The van der Waals surface area contributed by atoms with E-state index in [0.29, 0.717) is 18.6 Å². The van der Waals surface area contributed by atoms with Crippen molar-refractivity contribution in [3.05, 3.63) is 0 Å². The number of hydrogen-bond donors (Lipinski definition) is 1. The molecular formula is C14H28N2O2. The maximum atomic E-state index is 10.6. The maximum absolute atomic E-state index is 10.6. The number of nitrogens with zero attached hydrogens (tertiary/aromatic N) is 2. The summed E-state index contributed by atoms with van der Waals surface area (Å²) in [6.07, 6.45) is 5.36. The van der Waals surface area contributed by atoms with Crippen LogP contribution in [0.2, 0.25) is 0 Å². The lowest BCUT2D eigenvalue weighted by atomic mass is 9.99. The number of piperidine rings is 1. The monoisotopic (exact) mass is 256 g/mol. The number of hydrogen-bond acceptors (Lipinski definition) is 3. The Morgan fingerprint density at radius 1 is 1.39 bits per heavy atom. The van der Waals surface area contributed by atoms with E-state index < -0.39 is 5.97 Å². The summed E-state index contributed by atoms with van der Waals surface area (Å²) in [5, 5.41) is 8.77. The van der Waals surface area contributed by atoms with Crippen molar-refractivity contribution in [3.63, 3.8) is 0 Å². The van der Waals surface area contributed by atoms with Crippen molar-refractivity contribution in [2.24, 2.45) is 0 Å². The summed E-state index contributed by atoms with van der Waals surface area (Å²) in [4.78, 5) is 15.4. The Morgan fingerprint density at radius 3 is 2.67 bits per heavy atom. The third kappa shape index (κ3) is 5.36. The fraction of sp³-hybridized carbons (Fsp3) is 0.929. The summed E-state index contributed by atoms with van der Waals surface area (Å²) < 4.78 is 0. The zero-order valence-corrected chi connectivity index (χ0v) is 12.1. The molecule has 1 N–H and O–H groups in total. The van der Waals surface area contributed by atoms with E-state index in [1.807, 2.05) is 0 Å². The van der Waals surface area contributed by atoms with Crippen molar-refractivity contribution in [3.8, 4) is 0 Å². The Bertz CT molecular complexity index is 256. The summed E-state index contributed by atoms with van der Waals surface area (Å²) in [5.41, 5.74) is 0. The van der Waals surface area contributed by atoms with Crippen molar-refractivity contribution in [2.45, 2.75) is 58.0 Å². The van der Waals surface area contributed by atoms with Gasteiger partial charge in [-0.2, -0.15) is 0 Å². The van der Waals surface area contributed by atoms with Gasteiger partial charge in [-0.3, -0.25) is 4.79 Å². The molecule has 4 heteroatoms. The molecule has 1 fully saturated rings. The summed E-state index contributed by atoms with van der Waals surface area (Å²) in [6, 6.07) is 1.11. The van der Waals surface area contributed by atoms with Crippen LogP contribution >= 0.6 is 0 Å². The Balaban J connectivity index is 2.33. The topological polar surface area (TPSA) is 43.8 Å². The van der Waals surface area contributed by atoms with Crippen LogP contribution in [0.4, 0.5) is 0 Å². The number of rotatable bonds is 7. The average Bonchev–Trinajstić information content (AvgIpc) is 2.30. The predicted octanol–water partition coefficient (Wildman–Crippen LogP) is 2.05. The van der Waals surface area contributed by atoms with Crippen LogP contribution in [0.3, 0.4) is 0 Å². The molecule has 0 bridgehead atoms. The smallest absolute Gasteiger partial charge is 0.304 e. The first kappa shape index (κ1) is 15.4. The van der Waals surface area contributed by atoms with Crippen LogP contribution in [0.25, 0.3) is 0 Å². The number of likely N-dealkylation sites (tertiary alicyclic amines) is 1. The van der Waals surface area contributed by atoms with Crippen LogP contribution in [0, 0.1) is 0 Å². The van der Waals surface area contributed by atoms with E-state index in [9.17, 15) is 4.79 Å². The SMILES string of the molecule is CC(C)N(CCC(=O)O)CCC1CCCCN1C. The first-order valence-corrected chi connectivity index (χ1v) is 7.16. The predicted molar refractivity (Wildman–Crippen MR) is 73.8 cm³/mol. The molecule has 0 aromatic carbocycles. The van der Waals surface area contributed by atoms with E-state index in [1.165, 1.54) is 25.8 Å². The van der Waals surface area contributed by atoms with E-state index >= 15 is 0 Å². The number of aliphatic carboxylic acids is 1. The van der Waals surface area contributed by atoms with E-state index in [-0.39, 0.29) is 6.42 Å². The molecule has 0 amide bonds. The summed E-state index contributed by atoms with van der Waals surface area (Å²) in [6.45, 7) is 7.18. The molecule has 1 heterocycles. The largest absolute Gasteiger partial charge is 0.481 e. The molecular weight excluding hydrogens is 228 g/mol. The van der Waals surface area contributed by atoms with Crippen LogP contribution in [0.5, 0.6) is 0 Å². The van der Waals surface area contributed by atoms with E-state index in [1.54, 1.807) is 0 Å². The third-order valence-corrected chi connectivity index (χ3v) is 4.01. The average molecular weight is 256 g/mol. The third-order valence-electron chi connectivity index (χ3n) is 4.01. The van der Waals surface area contributed by atoms with Crippen LogP contribution in [0.1, 0.15) is 46.0 Å². The van der Waals surface area contributed by atoms with Gasteiger partial charge < -0.3 is 14.9 Å². The van der Waals surface area contributed by atoms with Gasteiger partial charge in [0.1, 0.15) is 0 Å². The molecule has 0 aromatic heterocycles. The van der Waals surface area contributed by atoms with E-state index in [2.05, 4.69) is 30.7 Å². The Labute approximate surface area is 111 Å². The molecule has 4 nitrogen and oxygen atoms in total. The second-order valence-electron chi connectivity index (χ2n) is 5.69. The second-order valence-corrected chi connectivity index (χ2v) is 5.69. The standard InChI is InChI=1S/C14H28N2O2/c1-12(2)16(11-8-14(17)18)10-7-13-6-4-5-9-15(13)3/h12-13H,4-11H2,1-3H3,(H,17,18). The summed E-state index contributed by atoms with van der Waals surface area (Å²) >= 11 is 0. The maximum Gasteiger partial charge on any atom is 0.304 e. The lowest BCUT2D eigenvalue weighted by Crippen LogP contribution is -2.41. The highest BCUT2D eigenvalue weighted by atomic mass is 16.4. The van der Waals surface area contributed by atoms with E-state index in [4.69, 9.17) is 5.11 Å². The first-order chi connectivity index (χ1) is 8.50. The highest BCUT2D eigenvalue weighted by Crippen LogP contribution is 2.18. The molecule has 1 aliphatic heterocycles.